The highest BCUT2D eigenvalue weighted by molar-refractivity contribution is 9.10. The predicted molar refractivity (Wildman–Crippen MR) is 313 cm³/mol. The van der Waals surface area contributed by atoms with Gasteiger partial charge in [-0.25, -0.2) is 0 Å². The number of hydrogen-bond acceptors (Lipinski definition) is 6. The summed E-state index contributed by atoms with van der Waals surface area (Å²) in [5, 5.41) is 0. The van der Waals surface area contributed by atoms with E-state index in [0.29, 0.717) is 0 Å². The largest absolute Gasteiger partial charge is 0.309 e. The molecule has 0 fully saturated rings. The van der Waals surface area contributed by atoms with Crippen molar-refractivity contribution in [2.75, 3.05) is 9.80 Å². The molecule has 71 heavy (non-hydrogen) atoms. The zero-order valence-corrected chi connectivity index (χ0v) is 45.6. The second-order valence-electron chi connectivity index (χ2n) is 20.6. The maximum atomic E-state index is 4.49. The third-order valence-corrected chi connectivity index (χ3v) is 19.8. The summed E-state index contributed by atoms with van der Waals surface area (Å²) in [6.07, 6.45) is 0. The average Bonchev–Trinajstić information content (AvgIpc) is 3.34. The van der Waals surface area contributed by atoms with E-state index in [4.69, 9.17) is 0 Å². The molecular weight excluding hydrogens is 1000 g/mol. The number of fused-ring (bicyclic) bond motifs is 8. The lowest BCUT2D eigenvalue weighted by molar-refractivity contribution is 0.590. The third-order valence-electron chi connectivity index (χ3n) is 14.4. The summed E-state index contributed by atoms with van der Waals surface area (Å²) < 4.78 is 1.03. The van der Waals surface area contributed by atoms with Crippen LogP contribution in [0.1, 0.15) is 48.6 Å². The van der Waals surface area contributed by atoms with E-state index < -0.39 is 0 Å². The molecule has 0 aromatic heterocycles. The van der Waals surface area contributed by atoms with Crippen molar-refractivity contribution in [2.45, 2.75) is 93.0 Å². The molecule has 0 saturated heterocycles. The highest BCUT2D eigenvalue weighted by atomic mass is 79.9. The summed E-state index contributed by atoms with van der Waals surface area (Å²) in [5.74, 6) is 0. The molecule has 0 N–H and O–H groups in total. The molecule has 9 heteroatoms. The minimum absolute atomic E-state index is 0.183. The first-order valence-electron chi connectivity index (χ1n) is 24.4. The number of nitrogens with zero attached hydrogens (tertiary/aromatic N) is 2. The van der Waals surface area contributed by atoms with E-state index in [1.807, 2.05) is 47.0 Å². The van der Waals surface area contributed by atoms with Crippen LogP contribution in [0, 0.1) is 27.7 Å². The van der Waals surface area contributed by atoms with Gasteiger partial charge < -0.3 is 9.80 Å². The van der Waals surface area contributed by atoms with Crippen molar-refractivity contribution in [1.29, 1.82) is 0 Å². The lowest BCUT2D eigenvalue weighted by atomic mass is 9.36. The minimum atomic E-state index is -0.186. The maximum Gasteiger partial charge on any atom is 0.247 e. The summed E-state index contributed by atoms with van der Waals surface area (Å²) in [5.41, 5.74) is 21.2. The van der Waals surface area contributed by atoms with Crippen LogP contribution in [-0.4, -0.2) is 13.4 Å². The molecule has 0 bridgehead atoms. The monoisotopic (exact) mass is 1050 g/mol. The van der Waals surface area contributed by atoms with Crippen LogP contribution in [0.5, 0.6) is 0 Å². The number of hydrogen-bond donors (Lipinski definition) is 0. The first-order valence-corrected chi connectivity index (χ1v) is 28.4. The number of rotatable bonds is 6. The molecule has 344 valence electrons. The number of anilines is 6. The zero-order chi connectivity index (χ0) is 48.4. The molecule has 0 unspecified atom stereocenters. The van der Waals surface area contributed by atoms with Gasteiger partial charge in [-0.05, 0) is 173 Å². The molecule has 0 aliphatic carbocycles. The summed E-state index contributed by atoms with van der Waals surface area (Å²) in [6.45, 7) is 16.3. The molecule has 2 nitrogen and oxygen atoms in total. The fourth-order valence-corrected chi connectivity index (χ4v) is 16.9. The first-order chi connectivity index (χ1) is 34.3. The number of halogens is 1. The maximum absolute atomic E-state index is 4.49. The minimum Gasteiger partial charge on any atom is -0.309 e. The second-order valence-corrected chi connectivity index (χ2v) is 25.7. The van der Waals surface area contributed by atoms with Crippen molar-refractivity contribution in [3.63, 3.8) is 0 Å². The van der Waals surface area contributed by atoms with E-state index >= 15 is 0 Å². The fourth-order valence-electron chi connectivity index (χ4n) is 11.4. The number of benzene rings is 9. The van der Waals surface area contributed by atoms with Crippen LogP contribution in [0.4, 0.5) is 34.1 Å². The van der Waals surface area contributed by atoms with Gasteiger partial charge in [0.05, 0.1) is 15.8 Å². The summed E-state index contributed by atoms with van der Waals surface area (Å²) >= 11 is 12.2. The molecule has 9 aromatic rings. The van der Waals surface area contributed by atoms with Crippen molar-refractivity contribution < 1.29 is 0 Å². The van der Waals surface area contributed by atoms with E-state index in [1.165, 1.54) is 99.8 Å². The van der Waals surface area contributed by atoms with Crippen LogP contribution in [-0.2, 0) is 5.41 Å². The van der Waals surface area contributed by atoms with Gasteiger partial charge in [-0.15, -0.1) is 0 Å². The summed E-state index contributed by atoms with van der Waals surface area (Å²) in [4.78, 5) is 15.7. The highest BCUT2D eigenvalue weighted by Crippen LogP contribution is 2.52. The molecule has 0 saturated carbocycles. The van der Waals surface area contributed by atoms with Crippen LogP contribution in [0.15, 0.2) is 213 Å². The molecule has 4 aliphatic heterocycles. The van der Waals surface area contributed by atoms with E-state index in [1.54, 1.807) is 0 Å². The third kappa shape index (κ3) is 7.76. The van der Waals surface area contributed by atoms with E-state index in [9.17, 15) is 0 Å². The van der Waals surface area contributed by atoms with Crippen LogP contribution in [0.3, 0.4) is 0 Å². The van der Waals surface area contributed by atoms with Crippen molar-refractivity contribution in [3.8, 4) is 0 Å². The molecule has 4 heterocycles. The Morgan fingerprint density at radius 3 is 0.944 bits per heavy atom. The summed E-state index contributed by atoms with van der Waals surface area (Å²) in [6, 6.07) is 65.0. The van der Waals surface area contributed by atoms with Gasteiger partial charge >= 0.3 is 0 Å². The highest BCUT2D eigenvalue weighted by Gasteiger charge is 2.41. The van der Waals surface area contributed by atoms with E-state index in [0.717, 1.165) is 38.6 Å². The predicted octanol–water partition coefficient (Wildman–Crippen LogP) is 14.8. The quantitative estimate of drug-likeness (QED) is 0.152. The Balaban J connectivity index is 1.06. The van der Waals surface area contributed by atoms with Gasteiger partial charge in [0, 0.05) is 61.9 Å². The van der Waals surface area contributed by atoms with Gasteiger partial charge in [-0.1, -0.05) is 175 Å². The molecule has 0 spiro atoms. The molecule has 0 radical (unpaired) electrons. The molecule has 9 aromatic carbocycles. The van der Waals surface area contributed by atoms with Gasteiger partial charge in [0.25, 0.3) is 0 Å². The molecule has 0 atom stereocenters. The average molecular weight is 1050 g/mol. The Bertz CT molecular complexity index is 3300. The number of aryl methyl sites for hydroxylation is 4. The molecule has 13 rings (SSSR count). The zero-order valence-electron chi connectivity index (χ0n) is 40.7. The van der Waals surface area contributed by atoms with Gasteiger partial charge in [0.15, 0.2) is 0 Å². The molecule has 4 aliphatic rings. The Morgan fingerprint density at radius 1 is 0.366 bits per heavy atom. The summed E-state index contributed by atoms with van der Waals surface area (Å²) in [7, 11) is 0. The Kier molecular flexibility index (Phi) is 11.1. The van der Waals surface area contributed by atoms with Gasteiger partial charge in [0.2, 0.25) is 13.4 Å². The molecular formula is C62H49B2BrN2S4. The van der Waals surface area contributed by atoms with Gasteiger partial charge in [0.1, 0.15) is 0 Å². The van der Waals surface area contributed by atoms with Crippen LogP contribution >= 0.6 is 63.0 Å². The first kappa shape index (κ1) is 45.5. The second kappa shape index (κ2) is 17.4. The topological polar surface area (TPSA) is 6.48 Å². The fraction of sp³-hybridized carbons (Fsp3) is 0.129. The van der Waals surface area contributed by atoms with Crippen LogP contribution in [0.25, 0.3) is 0 Å². The van der Waals surface area contributed by atoms with E-state index in [2.05, 4.69) is 244 Å². The van der Waals surface area contributed by atoms with Crippen LogP contribution < -0.4 is 42.6 Å². The van der Waals surface area contributed by atoms with Crippen molar-refractivity contribution in [3.05, 3.63) is 202 Å². The van der Waals surface area contributed by atoms with Crippen molar-refractivity contribution in [1.82, 2.24) is 0 Å². The Labute approximate surface area is 444 Å². The standard InChI is InChI=1S/C62H49B2BrN2S4/c1-36-24-37(2)27-41(26-36)66(43-32-55-59-56(33-43)69-52-21-13-9-17-46(52)63(59)45-16-8-12-20-51(45)68-55)49-30-40(62(5,6)7)31-50(61(49)65)67(42-28-38(3)25-39(4)29-42)44-34-57-60-58(35-44)71-54-23-15-11-19-48(54)64(60)47-18-10-14-22-53(47)70-57/h8-35H,1-7H3. The smallest absolute Gasteiger partial charge is 0.247 e. The Hall–Kier alpha value is -5.41. The van der Waals surface area contributed by atoms with Gasteiger partial charge in [-0.2, -0.15) is 0 Å². The van der Waals surface area contributed by atoms with Gasteiger partial charge in [-0.3, -0.25) is 0 Å². The van der Waals surface area contributed by atoms with Crippen molar-refractivity contribution in [2.24, 2.45) is 0 Å². The SMILES string of the molecule is Cc1cc(C)cc(N(c2cc3c4c(c2)Sc2ccccc2B4c2ccccc2S3)c2cc(C(C)(C)C)cc(N(c3cc(C)cc(C)c3)c3cc4c5c(c3)Sc3ccccc3B5c3ccccc3S4)c2Br)c1. The van der Waals surface area contributed by atoms with Crippen molar-refractivity contribution >= 4 is 143 Å². The van der Waals surface area contributed by atoms with Crippen LogP contribution in [0.2, 0.25) is 0 Å². The lowest BCUT2D eigenvalue weighted by Crippen LogP contribution is -2.58. The molecule has 0 amide bonds. The Morgan fingerprint density at radius 2 is 0.648 bits per heavy atom. The lowest BCUT2D eigenvalue weighted by Gasteiger charge is -2.37. The normalized spacial score (nSPS) is 13.6. The van der Waals surface area contributed by atoms with E-state index in [-0.39, 0.29) is 18.8 Å².